The molecule has 5 nitrogen and oxygen atoms in total. The zero-order valence-electron chi connectivity index (χ0n) is 18.2. The summed E-state index contributed by atoms with van der Waals surface area (Å²) >= 11 is 0. The minimum Gasteiger partial charge on any atom is -0.487 e. The monoisotopic (exact) mass is 442 g/mol. The molecule has 0 saturated heterocycles. The zero-order valence-corrected chi connectivity index (χ0v) is 19.0. The second kappa shape index (κ2) is 9.47. The molecule has 0 N–H and O–H groups in total. The highest BCUT2D eigenvalue weighted by Gasteiger charge is 2.30. The van der Waals surface area contributed by atoms with Crippen molar-refractivity contribution in [2.24, 2.45) is 0 Å². The molecule has 0 spiro atoms. The van der Waals surface area contributed by atoms with Crippen molar-refractivity contribution < 1.29 is 17.5 Å². The topological polar surface area (TPSA) is 59.5 Å². The molecule has 0 amide bonds. The lowest BCUT2D eigenvalue weighted by Gasteiger charge is -2.27. The van der Waals surface area contributed by atoms with Crippen molar-refractivity contribution in [3.63, 3.8) is 0 Å². The Morgan fingerprint density at radius 3 is 2.32 bits per heavy atom. The van der Waals surface area contributed by atoms with Gasteiger partial charge in [-0.15, -0.1) is 0 Å². The van der Waals surface area contributed by atoms with Gasteiger partial charge in [-0.3, -0.25) is 4.31 Å². The maximum absolute atomic E-state index is 14.1. The van der Waals surface area contributed by atoms with E-state index in [-0.39, 0.29) is 18.2 Å². The van der Waals surface area contributed by atoms with Crippen LogP contribution in [0.25, 0.3) is 0 Å². The van der Waals surface area contributed by atoms with Gasteiger partial charge >= 0.3 is 0 Å². The molecule has 0 radical (unpaired) electrons. The lowest BCUT2D eigenvalue weighted by molar-refractivity contribution is 0.306. The van der Waals surface area contributed by atoms with Gasteiger partial charge in [0.1, 0.15) is 18.5 Å². The van der Waals surface area contributed by atoms with Crippen molar-refractivity contribution in [3.8, 4) is 5.75 Å². The number of nitrogens with zero attached hydrogens (tertiary/aromatic N) is 2. The summed E-state index contributed by atoms with van der Waals surface area (Å²) in [6.07, 6.45) is 0.0177. The maximum atomic E-state index is 14.1. The van der Waals surface area contributed by atoms with Gasteiger partial charge in [-0.2, -0.15) is 8.42 Å². The summed E-state index contributed by atoms with van der Waals surface area (Å²) in [5.74, 6) is 0.379. The first-order valence-corrected chi connectivity index (χ1v) is 11.5. The second-order valence-electron chi connectivity index (χ2n) is 7.66. The van der Waals surface area contributed by atoms with Crippen LogP contribution in [0.4, 0.5) is 10.1 Å². The number of ether oxygens (including phenoxy) is 1. The van der Waals surface area contributed by atoms with E-state index in [0.717, 1.165) is 26.6 Å². The molecule has 164 valence electrons. The number of aromatic nitrogens is 1. The van der Waals surface area contributed by atoms with Crippen LogP contribution in [0.1, 0.15) is 29.2 Å². The SMILES string of the molecule is Cc1ccc(COc2cc(C)c(C)cc2N(C[C@H](C)F)S(=O)(=O)c2ccccn2)cc1. The van der Waals surface area contributed by atoms with Gasteiger partial charge < -0.3 is 4.74 Å². The van der Waals surface area contributed by atoms with Crippen LogP contribution in [0.2, 0.25) is 0 Å². The minimum atomic E-state index is -4.09. The van der Waals surface area contributed by atoms with Crippen molar-refractivity contribution in [3.05, 3.63) is 83.0 Å². The van der Waals surface area contributed by atoms with Gasteiger partial charge in [0, 0.05) is 6.20 Å². The van der Waals surface area contributed by atoms with Gasteiger partial charge in [-0.25, -0.2) is 9.37 Å². The van der Waals surface area contributed by atoms with Crippen LogP contribution in [-0.2, 0) is 16.6 Å². The van der Waals surface area contributed by atoms with Gasteiger partial charge in [0.05, 0.1) is 12.2 Å². The third-order valence-electron chi connectivity index (χ3n) is 4.97. The Labute approximate surface area is 183 Å². The number of sulfonamides is 1. The number of hydrogen-bond acceptors (Lipinski definition) is 4. The molecule has 1 aromatic heterocycles. The largest absolute Gasteiger partial charge is 0.487 e. The van der Waals surface area contributed by atoms with E-state index in [1.807, 2.05) is 45.0 Å². The van der Waals surface area contributed by atoms with Crippen LogP contribution in [0.5, 0.6) is 5.75 Å². The number of benzene rings is 2. The molecular formula is C24H27FN2O3S. The standard InChI is InChI=1S/C24H27FN2O3S/c1-17-8-10-21(11-9-17)16-30-23-14-19(3)18(2)13-22(23)27(15-20(4)25)31(28,29)24-7-5-6-12-26-24/h5-14,20H,15-16H2,1-4H3/t20-/m0/s1. The average molecular weight is 443 g/mol. The number of rotatable bonds is 8. The average Bonchev–Trinajstić information content (AvgIpc) is 2.74. The van der Waals surface area contributed by atoms with Crippen LogP contribution >= 0.6 is 0 Å². The van der Waals surface area contributed by atoms with E-state index in [2.05, 4.69) is 4.98 Å². The fourth-order valence-electron chi connectivity index (χ4n) is 3.10. The fraction of sp³-hybridized carbons (Fsp3) is 0.292. The van der Waals surface area contributed by atoms with Crippen LogP contribution < -0.4 is 9.04 Å². The lowest BCUT2D eigenvalue weighted by Crippen LogP contribution is -2.36. The number of anilines is 1. The second-order valence-corrected chi connectivity index (χ2v) is 9.47. The highest BCUT2D eigenvalue weighted by molar-refractivity contribution is 7.92. The smallest absolute Gasteiger partial charge is 0.282 e. The molecule has 1 heterocycles. The lowest BCUT2D eigenvalue weighted by atomic mass is 10.1. The van der Waals surface area contributed by atoms with E-state index < -0.39 is 16.2 Å². The summed E-state index contributed by atoms with van der Waals surface area (Å²) in [4.78, 5) is 3.98. The Kier molecular flexibility index (Phi) is 6.95. The van der Waals surface area contributed by atoms with Crippen molar-refractivity contribution in [2.45, 2.75) is 45.5 Å². The Hall–Kier alpha value is -2.93. The Morgan fingerprint density at radius 2 is 1.71 bits per heavy atom. The number of aryl methyl sites for hydroxylation is 3. The summed E-state index contributed by atoms with van der Waals surface area (Å²) in [6, 6.07) is 16.0. The third-order valence-corrected chi connectivity index (χ3v) is 6.66. The summed E-state index contributed by atoms with van der Waals surface area (Å²) < 4.78 is 48.0. The maximum Gasteiger partial charge on any atom is 0.282 e. The molecule has 7 heteroatoms. The Balaban J connectivity index is 2.05. The molecule has 0 bridgehead atoms. The zero-order chi connectivity index (χ0) is 22.6. The molecule has 0 saturated carbocycles. The van der Waals surface area contributed by atoms with E-state index in [1.54, 1.807) is 24.3 Å². The predicted molar refractivity (Wildman–Crippen MR) is 121 cm³/mol. The molecule has 0 unspecified atom stereocenters. The highest BCUT2D eigenvalue weighted by atomic mass is 32.2. The summed E-state index contributed by atoms with van der Waals surface area (Å²) in [7, 11) is -4.09. The molecular weight excluding hydrogens is 415 g/mol. The molecule has 0 aliphatic carbocycles. The number of alkyl halides is 1. The minimum absolute atomic E-state index is 0.140. The number of pyridine rings is 1. The molecule has 3 rings (SSSR count). The first-order chi connectivity index (χ1) is 14.7. The Morgan fingerprint density at radius 1 is 1.03 bits per heavy atom. The number of halogens is 1. The van der Waals surface area contributed by atoms with Gasteiger partial charge in [0.2, 0.25) is 0 Å². The van der Waals surface area contributed by atoms with Crippen molar-refractivity contribution >= 4 is 15.7 Å². The van der Waals surface area contributed by atoms with Crippen LogP contribution in [-0.4, -0.2) is 26.1 Å². The van der Waals surface area contributed by atoms with Crippen molar-refractivity contribution in [1.82, 2.24) is 4.98 Å². The molecule has 31 heavy (non-hydrogen) atoms. The molecule has 1 atom stereocenters. The van der Waals surface area contributed by atoms with E-state index >= 15 is 0 Å². The molecule has 0 fully saturated rings. The summed E-state index contributed by atoms with van der Waals surface area (Å²) in [6.45, 7) is 7.06. The predicted octanol–water partition coefficient (Wildman–Crippen LogP) is 5.14. The van der Waals surface area contributed by atoms with Gasteiger partial charge in [0.25, 0.3) is 10.0 Å². The summed E-state index contributed by atoms with van der Waals surface area (Å²) in [5, 5.41) is -0.140. The van der Waals surface area contributed by atoms with Crippen LogP contribution in [0.3, 0.4) is 0 Å². The first kappa shape index (κ1) is 22.7. The van der Waals surface area contributed by atoms with E-state index in [1.165, 1.54) is 19.2 Å². The number of hydrogen-bond donors (Lipinski definition) is 0. The van der Waals surface area contributed by atoms with Gasteiger partial charge in [-0.05, 0) is 68.7 Å². The highest BCUT2D eigenvalue weighted by Crippen LogP contribution is 2.35. The summed E-state index contributed by atoms with van der Waals surface area (Å²) in [5.41, 5.74) is 4.22. The van der Waals surface area contributed by atoms with Crippen LogP contribution in [0, 0.1) is 20.8 Å². The third kappa shape index (κ3) is 5.41. The van der Waals surface area contributed by atoms with E-state index in [4.69, 9.17) is 4.74 Å². The molecule has 0 aliphatic heterocycles. The molecule has 2 aromatic carbocycles. The van der Waals surface area contributed by atoms with E-state index in [9.17, 15) is 12.8 Å². The van der Waals surface area contributed by atoms with Crippen LogP contribution in [0.15, 0.2) is 65.8 Å². The van der Waals surface area contributed by atoms with Crippen molar-refractivity contribution in [2.75, 3.05) is 10.8 Å². The van der Waals surface area contributed by atoms with Gasteiger partial charge in [-0.1, -0.05) is 35.9 Å². The Bertz CT molecular complexity index is 1130. The van der Waals surface area contributed by atoms with E-state index in [0.29, 0.717) is 11.4 Å². The van der Waals surface area contributed by atoms with Gasteiger partial charge in [0.15, 0.2) is 5.03 Å². The van der Waals surface area contributed by atoms with Crippen molar-refractivity contribution in [1.29, 1.82) is 0 Å². The normalized spacial score (nSPS) is 12.4. The quantitative estimate of drug-likeness (QED) is 0.485. The molecule has 0 aliphatic rings. The molecule has 3 aromatic rings. The fourth-order valence-corrected chi connectivity index (χ4v) is 4.57. The first-order valence-electron chi connectivity index (χ1n) is 10.1.